The lowest BCUT2D eigenvalue weighted by Crippen LogP contribution is -2.34. The van der Waals surface area contributed by atoms with Crippen LogP contribution < -0.4 is 4.90 Å². The summed E-state index contributed by atoms with van der Waals surface area (Å²) in [6, 6.07) is 12.7. The summed E-state index contributed by atoms with van der Waals surface area (Å²) in [5.41, 5.74) is 1.76. The van der Waals surface area contributed by atoms with Crippen LogP contribution in [0.2, 0.25) is 5.15 Å². The van der Waals surface area contributed by atoms with Crippen LogP contribution in [0.1, 0.15) is 29.9 Å². The van der Waals surface area contributed by atoms with Gasteiger partial charge in [0.25, 0.3) is 0 Å². The summed E-state index contributed by atoms with van der Waals surface area (Å²) in [4.78, 5) is 10.8. The van der Waals surface area contributed by atoms with Crippen LogP contribution in [0.25, 0.3) is 0 Å². The highest BCUT2D eigenvalue weighted by Gasteiger charge is 2.25. The van der Waals surface area contributed by atoms with Crippen molar-refractivity contribution in [3.8, 4) is 6.07 Å². The first-order chi connectivity index (χ1) is 11.2. The zero-order chi connectivity index (χ0) is 16.2. The summed E-state index contributed by atoms with van der Waals surface area (Å²) >= 11 is 7.58. The molecule has 0 aliphatic carbocycles. The number of halogens is 1. The Kier molecular flexibility index (Phi) is 5.04. The molecule has 6 heteroatoms. The van der Waals surface area contributed by atoms with E-state index in [1.165, 1.54) is 17.3 Å². The predicted molar refractivity (Wildman–Crippen MR) is 94.2 cm³/mol. The van der Waals surface area contributed by atoms with Crippen LogP contribution in [0.3, 0.4) is 0 Å². The third-order valence-corrected chi connectivity index (χ3v) is 5.01. The number of benzene rings is 1. The van der Waals surface area contributed by atoms with E-state index in [0.29, 0.717) is 22.5 Å². The number of hydrogen-bond acceptors (Lipinski definition) is 5. The van der Waals surface area contributed by atoms with E-state index in [1.807, 2.05) is 12.3 Å². The fourth-order valence-corrected chi connectivity index (χ4v) is 3.59. The minimum absolute atomic E-state index is 0.243. The largest absolute Gasteiger partial charge is 0.355 e. The Morgan fingerprint density at radius 3 is 2.52 bits per heavy atom. The third-order valence-electron chi connectivity index (χ3n) is 4.19. The molecule has 0 amide bonds. The molecule has 1 aliphatic heterocycles. The quantitative estimate of drug-likeness (QED) is 0.476. The number of hydrogen-bond donors (Lipinski definition) is 0. The molecule has 1 aromatic heterocycles. The van der Waals surface area contributed by atoms with Crippen LogP contribution in [-0.2, 0) is 0 Å². The Labute approximate surface area is 145 Å². The molecule has 4 nitrogen and oxygen atoms in total. The maximum atomic E-state index is 9.38. The van der Waals surface area contributed by atoms with Crippen molar-refractivity contribution in [2.24, 2.45) is 0 Å². The second kappa shape index (κ2) is 7.20. The molecule has 2 aromatic rings. The van der Waals surface area contributed by atoms with E-state index in [0.717, 1.165) is 25.9 Å². The van der Waals surface area contributed by atoms with Crippen LogP contribution in [0.4, 0.5) is 5.82 Å². The van der Waals surface area contributed by atoms with Gasteiger partial charge in [-0.2, -0.15) is 5.26 Å². The van der Waals surface area contributed by atoms with E-state index in [2.05, 4.69) is 45.2 Å². The molecular weight excluding hydrogens is 328 g/mol. The Morgan fingerprint density at radius 2 is 1.91 bits per heavy atom. The first-order valence-corrected chi connectivity index (χ1v) is 9.14. The minimum atomic E-state index is 0.243. The number of piperidine rings is 1. The van der Waals surface area contributed by atoms with Gasteiger partial charge in [-0.05, 0) is 30.6 Å². The van der Waals surface area contributed by atoms with E-state index >= 15 is 0 Å². The smallest absolute Gasteiger partial charge is 0.190 e. The third kappa shape index (κ3) is 3.44. The summed E-state index contributed by atoms with van der Waals surface area (Å²) in [6.45, 7) is 1.74. The van der Waals surface area contributed by atoms with E-state index in [-0.39, 0.29) is 5.15 Å². The van der Waals surface area contributed by atoms with Gasteiger partial charge >= 0.3 is 0 Å². The van der Waals surface area contributed by atoms with Crippen molar-refractivity contribution in [1.29, 1.82) is 5.26 Å². The zero-order valence-corrected chi connectivity index (χ0v) is 14.4. The van der Waals surface area contributed by atoms with E-state index in [4.69, 9.17) is 11.6 Å². The van der Waals surface area contributed by atoms with Gasteiger partial charge in [-0.25, -0.2) is 9.97 Å². The number of nitrogens with zero attached hydrogens (tertiary/aromatic N) is 4. The second-order valence-corrected chi connectivity index (χ2v) is 6.61. The molecule has 23 heavy (non-hydrogen) atoms. The van der Waals surface area contributed by atoms with Gasteiger partial charge in [0.15, 0.2) is 16.1 Å². The average molecular weight is 345 g/mol. The highest BCUT2D eigenvalue weighted by molar-refractivity contribution is 7.98. The summed E-state index contributed by atoms with van der Waals surface area (Å²) in [5, 5.41) is 10.2. The molecule has 118 valence electrons. The van der Waals surface area contributed by atoms with Gasteiger partial charge in [0.1, 0.15) is 11.6 Å². The van der Waals surface area contributed by atoms with Crippen LogP contribution in [0, 0.1) is 11.3 Å². The first-order valence-electron chi connectivity index (χ1n) is 7.54. The zero-order valence-electron chi connectivity index (χ0n) is 12.9. The van der Waals surface area contributed by atoms with Crippen molar-refractivity contribution in [3.05, 3.63) is 46.6 Å². The summed E-state index contributed by atoms with van der Waals surface area (Å²) in [7, 11) is 0. The molecule has 1 saturated heterocycles. The molecule has 0 N–H and O–H groups in total. The molecule has 2 heterocycles. The van der Waals surface area contributed by atoms with Crippen molar-refractivity contribution >= 4 is 29.2 Å². The summed E-state index contributed by atoms with van der Waals surface area (Å²) < 4.78 is 0. The van der Waals surface area contributed by atoms with E-state index in [9.17, 15) is 5.26 Å². The molecule has 1 aromatic carbocycles. The average Bonchev–Trinajstić information content (AvgIpc) is 2.62. The lowest BCUT2D eigenvalue weighted by Gasteiger charge is -2.33. The van der Waals surface area contributed by atoms with Gasteiger partial charge in [0.2, 0.25) is 0 Å². The molecule has 1 fully saturated rings. The van der Waals surface area contributed by atoms with Crippen LogP contribution in [0.15, 0.2) is 35.5 Å². The molecule has 0 unspecified atom stereocenters. The van der Waals surface area contributed by atoms with Gasteiger partial charge in [-0.15, -0.1) is 0 Å². The summed E-state index contributed by atoms with van der Waals surface area (Å²) in [6.07, 6.45) is 4.00. The van der Waals surface area contributed by atoms with Crippen molar-refractivity contribution in [2.75, 3.05) is 24.2 Å². The Morgan fingerprint density at radius 1 is 1.22 bits per heavy atom. The van der Waals surface area contributed by atoms with E-state index in [1.54, 1.807) is 0 Å². The monoisotopic (exact) mass is 344 g/mol. The minimum Gasteiger partial charge on any atom is -0.355 e. The Hall–Kier alpha value is -1.77. The van der Waals surface area contributed by atoms with Gasteiger partial charge in [0.05, 0.1) is 0 Å². The molecule has 0 saturated carbocycles. The topological polar surface area (TPSA) is 52.8 Å². The molecule has 0 spiro atoms. The first kappa shape index (κ1) is 16.1. The number of rotatable bonds is 3. The van der Waals surface area contributed by atoms with Crippen molar-refractivity contribution in [3.63, 3.8) is 0 Å². The normalized spacial score (nSPS) is 15.4. The molecule has 0 radical (unpaired) electrons. The van der Waals surface area contributed by atoms with Crippen molar-refractivity contribution < 1.29 is 0 Å². The molecule has 0 atom stereocenters. The molecule has 0 bridgehead atoms. The highest BCUT2D eigenvalue weighted by Crippen LogP contribution is 2.33. The second-order valence-electron chi connectivity index (χ2n) is 5.48. The van der Waals surface area contributed by atoms with Crippen LogP contribution in [-0.4, -0.2) is 29.3 Å². The van der Waals surface area contributed by atoms with Gasteiger partial charge in [-0.3, -0.25) is 0 Å². The Balaban J connectivity index is 1.80. The SMILES string of the molecule is CSc1nc(Cl)c(C#N)c(N2CCC(c3ccccc3)CC2)n1. The van der Waals surface area contributed by atoms with Crippen LogP contribution in [0.5, 0.6) is 0 Å². The lowest BCUT2D eigenvalue weighted by molar-refractivity contribution is 0.501. The van der Waals surface area contributed by atoms with Crippen molar-refractivity contribution in [1.82, 2.24) is 9.97 Å². The summed E-state index contributed by atoms with van der Waals surface area (Å²) in [5.74, 6) is 1.23. The molecular formula is C17H17ClN4S. The number of thioether (sulfide) groups is 1. The van der Waals surface area contributed by atoms with Gasteiger partial charge in [0, 0.05) is 13.1 Å². The van der Waals surface area contributed by atoms with Gasteiger partial charge in [-0.1, -0.05) is 53.7 Å². The molecule has 3 rings (SSSR count). The lowest BCUT2D eigenvalue weighted by atomic mass is 9.89. The fourth-order valence-electron chi connectivity index (χ4n) is 2.97. The highest BCUT2D eigenvalue weighted by atomic mass is 35.5. The number of aromatic nitrogens is 2. The maximum Gasteiger partial charge on any atom is 0.190 e. The fraction of sp³-hybridized carbons (Fsp3) is 0.353. The van der Waals surface area contributed by atoms with E-state index < -0.39 is 0 Å². The number of nitriles is 1. The van der Waals surface area contributed by atoms with Crippen molar-refractivity contribution in [2.45, 2.75) is 23.9 Å². The van der Waals surface area contributed by atoms with Gasteiger partial charge < -0.3 is 4.90 Å². The molecule has 1 aliphatic rings. The maximum absolute atomic E-state index is 9.38. The number of anilines is 1. The predicted octanol–water partition coefficient (Wildman–Crippen LogP) is 4.11. The Bertz CT molecular complexity index is 721. The van der Waals surface area contributed by atoms with Crippen LogP contribution >= 0.6 is 23.4 Å². The standard InChI is InChI=1S/C17H17ClN4S/c1-23-17-20-15(18)14(11-19)16(21-17)22-9-7-13(8-10-22)12-5-3-2-4-6-12/h2-6,13H,7-10H2,1H3.